The maximum atomic E-state index is 13.9. The van der Waals surface area contributed by atoms with E-state index in [-0.39, 0.29) is 24.2 Å². The number of ether oxygens (including phenoxy) is 3. The molecule has 1 N–H and O–H groups in total. The number of rotatable bonds is 8. The van der Waals surface area contributed by atoms with Gasteiger partial charge in [0.25, 0.3) is 0 Å². The number of carbonyl (C=O) groups excluding carboxylic acids is 1. The van der Waals surface area contributed by atoms with Gasteiger partial charge >= 0.3 is 0 Å². The molecule has 162 valence electrons. The number of para-hydroxylation sites is 1. The number of thioether (sulfide) groups is 1. The van der Waals surface area contributed by atoms with E-state index in [1.54, 1.807) is 43.3 Å². The highest BCUT2D eigenvalue weighted by molar-refractivity contribution is 7.99. The summed E-state index contributed by atoms with van der Waals surface area (Å²) >= 11 is 1.26. The summed E-state index contributed by atoms with van der Waals surface area (Å²) in [6.45, 7) is 4.49. The van der Waals surface area contributed by atoms with Crippen LogP contribution in [-0.4, -0.2) is 33.2 Å². The molecule has 0 radical (unpaired) electrons. The molecule has 0 fully saturated rings. The van der Waals surface area contributed by atoms with Gasteiger partial charge in [-0.05, 0) is 38.1 Å². The van der Waals surface area contributed by atoms with E-state index in [1.165, 1.54) is 17.8 Å². The van der Waals surface area contributed by atoms with Crippen molar-refractivity contribution in [2.75, 3.05) is 17.9 Å². The van der Waals surface area contributed by atoms with Gasteiger partial charge in [0.2, 0.25) is 12.7 Å². The number of hydrogen-bond acceptors (Lipinski definition) is 7. The highest BCUT2D eigenvalue weighted by Gasteiger charge is 2.21. The van der Waals surface area contributed by atoms with E-state index in [4.69, 9.17) is 14.2 Å². The molecule has 2 aromatic carbocycles. The fraction of sp³-hybridized carbons (Fsp3) is 0.286. The predicted octanol–water partition coefficient (Wildman–Crippen LogP) is 4.04. The van der Waals surface area contributed by atoms with Crippen LogP contribution in [0.5, 0.6) is 17.2 Å². The third-order valence-electron chi connectivity index (χ3n) is 4.55. The van der Waals surface area contributed by atoms with Crippen molar-refractivity contribution in [1.82, 2.24) is 14.8 Å². The smallest absolute Gasteiger partial charge is 0.234 e. The summed E-state index contributed by atoms with van der Waals surface area (Å²) in [4.78, 5) is 12.4. The van der Waals surface area contributed by atoms with Crippen LogP contribution in [0.2, 0.25) is 0 Å². The minimum absolute atomic E-state index is 0.148. The number of halogens is 1. The van der Waals surface area contributed by atoms with Gasteiger partial charge in [-0.3, -0.25) is 4.79 Å². The molecular formula is C21H21FN4O4S. The van der Waals surface area contributed by atoms with Gasteiger partial charge in [0, 0.05) is 18.3 Å². The van der Waals surface area contributed by atoms with E-state index in [2.05, 4.69) is 15.5 Å². The summed E-state index contributed by atoms with van der Waals surface area (Å²) in [7, 11) is 0. The Morgan fingerprint density at radius 3 is 2.87 bits per heavy atom. The molecule has 1 amide bonds. The first-order chi connectivity index (χ1) is 15.0. The molecule has 2 heterocycles. The Morgan fingerprint density at radius 2 is 2.06 bits per heavy atom. The van der Waals surface area contributed by atoms with Crippen LogP contribution < -0.4 is 19.5 Å². The van der Waals surface area contributed by atoms with E-state index < -0.39 is 11.9 Å². The molecule has 10 heteroatoms. The number of nitrogens with zero attached hydrogens (tertiary/aromatic N) is 3. The van der Waals surface area contributed by atoms with Crippen LogP contribution in [0.1, 0.15) is 25.8 Å². The lowest BCUT2D eigenvalue weighted by Crippen LogP contribution is -2.15. The number of amides is 1. The van der Waals surface area contributed by atoms with Crippen LogP contribution >= 0.6 is 11.8 Å². The van der Waals surface area contributed by atoms with Gasteiger partial charge in [0.15, 0.2) is 40.2 Å². The van der Waals surface area contributed by atoms with Crippen molar-refractivity contribution >= 4 is 23.4 Å². The molecular weight excluding hydrogens is 423 g/mol. The standard InChI is InChI=1S/C21H21FN4O4S/c1-3-26-20(13(2)30-16-7-5-4-6-15(16)22)24-25-21(26)31-11-19(27)23-14-8-9-17-18(10-14)29-12-28-17/h4-10,13H,3,11-12H2,1-2H3,(H,23,27). The lowest BCUT2D eigenvalue weighted by atomic mass is 10.3. The van der Waals surface area contributed by atoms with Crippen LogP contribution in [0, 0.1) is 5.82 Å². The Morgan fingerprint density at radius 1 is 1.26 bits per heavy atom. The number of aromatic nitrogens is 3. The Bertz CT molecular complexity index is 1090. The van der Waals surface area contributed by atoms with Crippen molar-refractivity contribution in [1.29, 1.82) is 0 Å². The molecule has 0 spiro atoms. The first kappa shape index (κ1) is 21.0. The van der Waals surface area contributed by atoms with Crippen LogP contribution in [0.3, 0.4) is 0 Å². The fourth-order valence-electron chi connectivity index (χ4n) is 3.09. The molecule has 1 unspecified atom stereocenters. The van der Waals surface area contributed by atoms with Crippen molar-refractivity contribution < 1.29 is 23.4 Å². The highest BCUT2D eigenvalue weighted by Crippen LogP contribution is 2.34. The molecule has 0 bridgehead atoms. The molecule has 0 saturated carbocycles. The molecule has 0 saturated heterocycles. The number of benzene rings is 2. The number of hydrogen-bond donors (Lipinski definition) is 1. The molecule has 31 heavy (non-hydrogen) atoms. The summed E-state index contributed by atoms with van der Waals surface area (Å²) in [5, 5.41) is 11.8. The van der Waals surface area contributed by atoms with Gasteiger partial charge < -0.3 is 24.1 Å². The summed E-state index contributed by atoms with van der Waals surface area (Å²) in [6, 6.07) is 11.4. The Hall–Kier alpha value is -3.27. The van der Waals surface area contributed by atoms with Crippen molar-refractivity contribution in [3.63, 3.8) is 0 Å². The lowest BCUT2D eigenvalue weighted by molar-refractivity contribution is -0.113. The van der Waals surface area contributed by atoms with E-state index in [9.17, 15) is 9.18 Å². The molecule has 8 nitrogen and oxygen atoms in total. The summed E-state index contributed by atoms with van der Waals surface area (Å²) in [6.07, 6.45) is -0.513. The van der Waals surface area contributed by atoms with Crippen LogP contribution in [-0.2, 0) is 11.3 Å². The highest BCUT2D eigenvalue weighted by atomic mass is 32.2. The van der Waals surface area contributed by atoms with Crippen LogP contribution in [0.15, 0.2) is 47.6 Å². The van der Waals surface area contributed by atoms with Gasteiger partial charge in [-0.2, -0.15) is 0 Å². The van der Waals surface area contributed by atoms with Gasteiger partial charge in [-0.15, -0.1) is 10.2 Å². The SMILES string of the molecule is CCn1c(SCC(=O)Nc2ccc3c(c2)OCO3)nnc1C(C)Oc1ccccc1F. The largest absolute Gasteiger partial charge is 0.480 e. The third-order valence-corrected chi connectivity index (χ3v) is 5.52. The molecule has 1 atom stereocenters. The zero-order chi connectivity index (χ0) is 21.8. The van der Waals surface area contributed by atoms with Gasteiger partial charge in [0.05, 0.1) is 5.75 Å². The minimum Gasteiger partial charge on any atom is -0.480 e. The average Bonchev–Trinajstić information content (AvgIpc) is 3.40. The Balaban J connectivity index is 1.38. The zero-order valence-electron chi connectivity index (χ0n) is 17.0. The summed E-state index contributed by atoms with van der Waals surface area (Å²) in [5.41, 5.74) is 0.624. The predicted molar refractivity (Wildman–Crippen MR) is 113 cm³/mol. The van der Waals surface area contributed by atoms with Gasteiger partial charge in [-0.1, -0.05) is 23.9 Å². The first-order valence-corrected chi connectivity index (χ1v) is 10.7. The second-order valence-electron chi connectivity index (χ2n) is 6.68. The Kier molecular flexibility index (Phi) is 6.26. The second-order valence-corrected chi connectivity index (χ2v) is 7.62. The molecule has 1 aromatic heterocycles. The summed E-state index contributed by atoms with van der Waals surface area (Å²) in [5.74, 6) is 1.49. The normalized spacial score (nSPS) is 13.1. The molecule has 4 rings (SSSR count). The quantitative estimate of drug-likeness (QED) is 0.525. The van der Waals surface area contributed by atoms with E-state index in [0.29, 0.717) is 34.7 Å². The zero-order valence-corrected chi connectivity index (χ0v) is 17.8. The van der Waals surface area contributed by atoms with E-state index in [1.807, 2.05) is 11.5 Å². The van der Waals surface area contributed by atoms with Crippen molar-refractivity contribution in [2.45, 2.75) is 31.7 Å². The monoisotopic (exact) mass is 444 g/mol. The fourth-order valence-corrected chi connectivity index (χ4v) is 3.90. The maximum Gasteiger partial charge on any atom is 0.234 e. The number of fused-ring (bicyclic) bond motifs is 1. The molecule has 1 aliphatic rings. The third kappa shape index (κ3) is 4.74. The summed E-state index contributed by atoms with van der Waals surface area (Å²) < 4.78 is 32.0. The van der Waals surface area contributed by atoms with E-state index in [0.717, 1.165) is 0 Å². The first-order valence-electron chi connectivity index (χ1n) is 9.71. The van der Waals surface area contributed by atoms with Gasteiger partial charge in [-0.25, -0.2) is 4.39 Å². The number of anilines is 1. The maximum absolute atomic E-state index is 13.9. The van der Waals surface area contributed by atoms with Gasteiger partial charge in [0.1, 0.15) is 0 Å². The van der Waals surface area contributed by atoms with Crippen molar-refractivity contribution in [3.05, 3.63) is 54.1 Å². The molecule has 0 aliphatic carbocycles. The second kappa shape index (κ2) is 9.25. The minimum atomic E-state index is -0.513. The Labute approximate surface area is 182 Å². The van der Waals surface area contributed by atoms with Crippen LogP contribution in [0.4, 0.5) is 10.1 Å². The number of carbonyl (C=O) groups is 1. The van der Waals surface area contributed by atoms with E-state index >= 15 is 0 Å². The topological polar surface area (TPSA) is 87.5 Å². The molecule has 3 aromatic rings. The van der Waals surface area contributed by atoms with Crippen molar-refractivity contribution in [2.24, 2.45) is 0 Å². The lowest BCUT2D eigenvalue weighted by Gasteiger charge is -2.16. The van der Waals surface area contributed by atoms with Crippen molar-refractivity contribution in [3.8, 4) is 17.2 Å². The van der Waals surface area contributed by atoms with Crippen LogP contribution in [0.25, 0.3) is 0 Å². The number of nitrogens with one attached hydrogen (secondary N) is 1. The molecule has 1 aliphatic heterocycles. The average molecular weight is 444 g/mol.